The molecule has 0 aliphatic heterocycles. The zero-order chi connectivity index (χ0) is 23.2. The lowest BCUT2D eigenvalue weighted by atomic mass is 9.63. The molecule has 0 fully saturated rings. The third-order valence-electron chi connectivity index (χ3n) is 8.42. The lowest BCUT2D eigenvalue weighted by Gasteiger charge is -2.41. The molecular formula is C31H33NS. The zero-order valence-electron chi connectivity index (χ0n) is 20.6. The maximum Gasteiger partial charge on any atom is 0.0573 e. The van der Waals surface area contributed by atoms with Crippen LogP contribution in [0.2, 0.25) is 0 Å². The molecule has 0 spiro atoms. The molecule has 1 heterocycles. The minimum Gasteiger partial charge on any atom is -0.354 e. The van der Waals surface area contributed by atoms with Gasteiger partial charge in [-0.05, 0) is 69.7 Å². The van der Waals surface area contributed by atoms with Crippen LogP contribution >= 0.6 is 11.3 Å². The number of anilines is 2. The lowest BCUT2D eigenvalue weighted by Crippen LogP contribution is -2.33. The first-order chi connectivity index (χ1) is 15.6. The van der Waals surface area contributed by atoms with E-state index in [0.29, 0.717) is 0 Å². The van der Waals surface area contributed by atoms with Gasteiger partial charge in [-0.1, -0.05) is 77.9 Å². The van der Waals surface area contributed by atoms with Gasteiger partial charge in [0.1, 0.15) is 0 Å². The van der Waals surface area contributed by atoms with Gasteiger partial charge in [-0.2, -0.15) is 0 Å². The Balaban J connectivity index is 1.50. The van der Waals surface area contributed by atoms with Gasteiger partial charge in [0.2, 0.25) is 0 Å². The van der Waals surface area contributed by atoms with Gasteiger partial charge in [0, 0.05) is 32.1 Å². The van der Waals surface area contributed by atoms with Crippen LogP contribution < -0.4 is 5.32 Å². The molecule has 0 bridgehead atoms. The molecule has 4 aromatic rings. The molecule has 0 amide bonds. The molecule has 33 heavy (non-hydrogen) atoms. The topological polar surface area (TPSA) is 12.0 Å². The molecule has 1 aromatic heterocycles. The SMILES string of the molecule is CC1(C)CCC(C)(C)c2cc3c(Nc4cccc5c4-c4ccccc4C5(C)C)csc3cc21. The molecule has 1 N–H and O–H groups in total. The highest BCUT2D eigenvalue weighted by atomic mass is 32.1. The van der Waals surface area contributed by atoms with Crippen LogP contribution in [0.25, 0.3) is 21.2 Å². The molecule has 2 heteroatoms. The average Bonchev–Trinajstić information content (AvgIpc) is 3.28. The fourth-order valence-electron chi connectivity index (χ4n) is 6.19. The largest absolute Gasteiger partial charge is 0.354 e. The van der Waals surface area contributed by atoms with E-state index in [-0.39, 0.29) is 16.2 Å². The molecule has 3 aromatic carbocycles. The summed E-state index contributed by atoms with van der Waals surface area (Å²) in [5, 5.41) is 7.53. The first kappa shape index (κ1) is 21.0. The van der Waals surface area contributed by atoms with Gasteiger partial charge in [-0.15, -0.1) is 11.3 Å². The van der Waals surface area contributed by atoms with E-state index >= 15 is 0 Å². The number of thiophene rings is 1. The van der Waals surface area contributed by atoms with E-state index in [4.69, 9.17) is 0 Å². The Bertz CT molecular complexity index is 1420. The lowest BCUT2D eigenvalue weighted by molar-refractivity contribution is 0.332. The highest BCUT2D eigenvalue weighted by Crippen LogP contribution is 2.53. The van der Waals surface area contributed by atoms with E-state index in [2.05, 4.69) is 107 Å². The Hall–Kier alpha value is -2.58. The van der Waals surface area contributed by atoms with Crippen LogP contribution in [-0.4, -0.2) is 0 Å². The van der Waals surface area contributed by atoms with E-state index in [0.717, 1.165) is 0 Å². The van der Waals surface area contributed by atoms with Gasteiger partial charge in [-0.3, -0.25) is 0 Å². The van der Waals surface area contributed by atoms with Crippen molar-refractivity contribution in [1.82, 2.24) is 0 Å². The standard InChI is InChI=1S/C31H33NS/c1-29(2)14-15-30(3,4)24-17-27-20(16-23(24)29)26(18-33-27)32-25-13-9-12-22-28(25)19-10-7-8-11-21(19)31(22,5)6/h7-13,16-18,32H,14-15H2,1-6H3. The quantitative estimate of drug-likeness (QED) is 0.320. The monoisotopic (exact) mass is 451 g/mol. The van der Waals surface area contributed by atoms with Crippen LogP contribution in [0.5, 0.6) is 0 Å². The van der Waals surface area contributed by atoms with Crippen LogP contribution in [-0.2, 0) is 16.2 Å². The van der Waals surface area contributed by atoms with Crippen molar-refractivity contribution in [2.45, 2.75) is 70.6 Å². The summed E-state index contributed by atoms with van der Waals surface area (Å²) in [6, 6.07) is 20.6. The van der Waals surface area contributed by atoms with Gasteiger partial charge >= 0.3 is 0 Å². The fraction of sp³-hybridized carbons (Fsp3) is 0.355. The summed E-state index contributed by atoms with van der Waals surface area (Å²) in [5.41, 5.74) is 11.5. The second-order valence-electron chi connectivity index (χ2n) is 11.8. The number of benzene rings is 3. The average molecular weight is 452 g/mol. The molecule has 1 nitrogen and oxygen atoms in total. The Morgan fingerprint density at radius 1 is 0.697 bits per heavy atom. The van der Waals surface area contributed by atoms with Crippen LogP contribution in [0, 0.1) is 0 Å². The summed E-state index contributed by atoms with van der Waals surface area (Å²) in [6.07, 6.45) is 2.49. The van der Waals surface area contributed by atoms with E-state index in [1.165, 1.54) is 67.7 Å². The first-order valence-corrected chi connectivity index (χ1v) is 13.0. The zero-order valence-corrected chi connectivity index (χ0v) is 21.4. The summed E-state index contributed by atoms with van der Waals surface area (Å²) in [7, 11) is 0. The summed E-state index contributed by atoms with van der Waals surface area (Å²) in [6.45, 7) is 14.3. The first-order valence-electron chi connectivity index (χ1n) is 12.2. The van der Waals surface area contributed by atoms with Gasteiger partial charge < -0.3 is 5.32 Å². The highest BCUT2D eigenvalue weighted by Gasteiger charge is 2.38. The van der Waals surface area contributed by atoms with Crippen LogP contribution in [0.3, 0.4) is 0 Å². The maximum atomic E-state index is 3.87. The van der Waals surface area contributed by atoms with E-state index in [1.54, 1.807) is 0 Å². The molecule has 0 radical (unpaired) electrons. The molecule has 0 unspecified atom stereocenters. The maximum absolute atomic E-state index is 3.87. The van der Waals surface area contributed by atoms with Gasteiger partial charge in [0.25, 0.3) is 0 Å². The molecule has 2 aliphatic carbocycles. The predicted octanol–water partition coefficient (Wildman–Crippen LogP) is 9.30. The van der Waals surface area contributed by atoms with Crippen molar-refractivity contribution >= 4 is 32.8 Å². The van der Waals surface area contributed by atoms with E-state index in [1.807, 2.05) is 11.3 Å². The second kappa shape index (κ2) is 6.73. The molecule has 0 saturated carbocycles. The minimum atomic E-state index is 0.0228. The number of nitrogens with one attached hydrogen (secondary N) is 1. The molecule has 0 saturated heterocycles. The summed E-state index contributed by atoms with van der Waals surface area (Å²) >= 11 is 1.86. The van der Waals surface area contributed by atoms with E-state index in [9.17, 15) is 0 Å². The Labute approximate surface area is 201 Å². The summed E-state index contributed by atoms with van der Waals surface area (Å²) < 4.78 is 1.38. The van der Waals surface area contributed by atoms with Crippen LogP contribution in [0.15, 0.2) is 60.0 Å². The van der Waals surface area contributed by atoms with Crippen LogP contribution in [0.4, 0.5) is 11.4 Å². The number of hydrogen-bond donors (Lipinski definition) is 1. The minimum absolute atomic E-state index is 0.0228. The molecule has 2 aliphatic rings. The molecule has 6 rings (SSSR count). The third-order valence-corrected chi connectivity index (χ3v) is 9.37. The Morgan fingerprint density at radius 2 is 1.36 bits per heavy atom. The van der Waals surface area contributed by atoms with Gasteiger partial charge in [-0.25, -0.2) is 0 Å². The third kappa shape index (κ3) is 2.96. The smallest absolute Gasteiger partial charge is 0.0573 e. The highest BCUT2D eigenvalue weighted by molar-refractivity contribution is 7.17. The summed E-state index contributed by atoms with van der Waals surface area (Å²) in [5.74, 6) is 0. The molecular weight excluding hydrogens is 418 g/mol. The second-order valence-corrected chi connectivity index (χ2v) is 12.7. The van der Waals surface area contributed by atoms with Crippen molar-refractivity contribution in [3.05, 3.63) is 82.2 Å². The van der Waals surface area contributed by atoms with Crippen LogP contribution in [0.1, 0.15) is 76.6 Å². The van der Waals surface area contributed by atoms with Gasteiger partial charge in [0.05, 0.1) is 5.69 Å². The normalized spacial score (nSPS) is 19.1. The van der Waals surface area contributed by atoms with Crippen molar-refractivity contribution in [2.75, 3.05) is 5.32 Å². The van der Waals surface area contributed by atoms with Crippen molar-refractivity contribution in [3.8, 4) is 11.1 Å². The van der Waals surface area contributed by atoms with Crippen molar-refractivity contribution in [1.29, 1.82) is 0 Å². The van der Waals surface area contributed by atoms with Crippen molar-refractivity contribution in [3.63, 3.8) is 0 Å². The number of hydrogen-bond acceptors (Lipinski definition) is 2. The molecule has 168 valence electrons. The predicted molar refractivity (Wildman–Crippen MR) is 144 cm³/mol. The van der Waals surface area contributed by atoms with E-state index < -0.39 is 0 Å². The van der Waals surface area contributed by atoms with Crippen molar-refractivity contribution < 1.29 is 0 Å². The number of rotatable bonds is 2. The van der Waals surface area contributed by atoms with Crippen molar-refractivity contribution in [2.24, 2.45) is 0 Å². The Kier molecular flexibility index (Phi) is 4.28. The number of fused-ring (bicyclic) bond motifs is 5. The van der Waals surface area contributed by atoms with Gasteiger partial charge in [0.15, 0.2) is 0 Å². The summed E-state index contributed by atoms with van der Waals surface area (Å²) in [4.78, 5) is 0. The molecule has 0 atom stereocenters. The fourth-order valence-corrected chi connectivity index (χ4v) is 7.10. The Morgan fingerprint density at radius 3 is 2.12 bits per heavy atom.